The number of aliphatic imine (C=N–C) groups is 1. The first kappa shape index (κ1) is 18.3. The van der Waals surface area contributed by atoms with Crippen LogP contribution >= 0.6 is 0 Å². The van der Waals surface area contributed by atoms with Gasteiger partial charge in [0.1, 0.15) is 6.29 Å². The molecule has 1 aromatic carbocycles. The van der Waals surface area contributed by atoms with E-state index in [9.17, 15) is 14.4 Å². The number of aldehydes is 1. The van der Waals surface area contributed by atoms with Crippen LogP contribution in [-0.4, -0.2) is 66.5 Å². The number of nitrogens with two attached hydrogens (primary N) is 1. The number of carbonyl (C=O) groups excluding carboxylic acids is 3. The highest BCUT2D eigenvalue weighted by Gasteiger charge is 2.22. The lowest BCUT2D eigenvalue weighted by molar-refractivity contribution is -0.129. The van der Waals surface area contributed by atoms with Gasteiger partial charge >= 0.3 is 0 Å². The van der Waals surface area contributed by atoms with Gasteiger partial charge in [0.25, 0.3) is 5.91 Å². The Bertz CT molecular complexity index is 697. The Morgan fingerprint density at radius 3 is 2.60 bits per heavy atom. The summed E-state index contributed by atoms with van der Waals surface area (Å²) in [5, 5.41) is 3.46. The van der Waals surface area contributed by atoms with Crippen molar-refractivity contribution >= 4 is 35.7 Å². The lowest BCUT2D eigenvalue weighted by atomic mass is 10.1. The molecular weight excluding hydrogens is 322 g/mol. The third-order valence-corrected chi connectivity index (χ3v) is 3.95. The standard InChI is InChI=1S/C17H21N5O3/c1-21-9-10-22(8-6-16(21)24)17(25)13-2-4-14(5-3-13)19-12-15(20-18)7-11-23/h2-5,11-12H,6-10,18H2,1H3. The molecule has 132 valence electrons. The van der Waals surface area contributed by atoms with Gasteiger partial charge in [-0.2, -0.15) is 5.10 Å². The first-order valence-corrected chi connectivity index (χ1v) is 7.93. The van der Waals surface area contributed by atoms with Gasteiger partial charge in [-0.25, -0.2) is 0 Å². The predicted molar refractivity (Wildman–Crippen MR) is 95.1 cm³/mol. The minimum Gasteiger partial charge on any atom is -0.344 e. The number of likely N-dealkylation sites (N-methyl/N-ethyl adjacent to an activating group) is 1. The van der Waals surface area contributed by atoms with Crippen LogP contribution in [0.25, 0.3) is 0 Å². The maximum absolute atomic E-state index is 12.6. The molecule has 0 bridgehead atoms. The van der Waals surface area contributed by atoms with Crippen molar-refractivity contribution in [3.05, 3.63) is 29.8 Å². The number of hydrogen-bond acceptors (Lipinski definition) is 6. The Hall–Kier alpha value is -3.03. The summed E-state index contributed by atoms with van der Waals surface area (Å²) in [5.74, 6) is 5.10. The molecular formula is C17H21N5O3. The Balaban J connectivity index is 2.04. The summed E-state index contributed by atoms with van der Waals surface area (Å²) in [6.45, 7) is 1.47. The number of benzene rings is 1. The van der Waals surface area contributed by atoms with Gasteiger partial charge < -0.3 is 20.4 Å². The predicted octanol–water partition coefficient (Wildman–Crippen LogP) is 0.597. The number of carbonyl (C=O) groups is 3. The van der Waals surface area contributed by atoms with Crippen LogP contribution in [0.3, 0.4) is 0 Å². The third-order valence-electron chi connectivity index (χ3n) is 3.95. The number of amides is 2. The molecule has 25 heavy (non-hydrogen) atoms. The molecule has 2 rings (SSSR count). The van der Waals surface area contributed by atoms with Crippen molar-refractivity contribution in [2.24, 2.45) is 15.9 Å². The molecule has 0 spiro atoms. The molecule has 8 heteroatoms. The Labute approximate surface area is 146 Å². The molecule has 1 aliphatic heterocycles. The van der Waals surface area contributed by atoms with E-state index < -0.39 is 0 Å². The van der Waals surface area contributed by atoms with E-state index in [-0.39, 0.29) is 18.2 Å². The van der Waals surface area contributed by atoms with Crippen LogP contribution in [0.4, 0.5) is 5.69 Å². The topological polar surface area (TPSA) is 108 Å². The smallest absolute Gasteiger partial charge is 0.253 e. The van der Waals surface area contributed by atoms with Crippen LogP contribution in [0.15, 0.2) is 34.4 Å². The monoisotopic (exact) mass is 343 g/mol. The zero-order chi connectivity index (χ0) is 18.2. The van der Waals surface area contributed by atoms with Crippen molar-refractivity contribution in [1.29, 1.82) is 0 Å². The molecule has 1 saturated heterocycles. The van der Waals surface area contributed by atoms with E-state index in [2.05, 4.69) is 10.1 Å². The lowest BCUT2D eigenvalue weighted by Gasteiger charge is -2.20. The largest absolute Gasteiger partial charge is 0.344 e. The van der Waals surface area contributed by atoms with Crippen molar-refractivity contribution < 1.29 is 14.4 Å². The maximum atomic E-state index is 12.6. The fourth-order valence-electron chi connectivity index (χ4n) is 2.38. The van der Waals surface area contributed by atoms with Gasteiger partial charge in [-0.15, -0.1) is 0 Å². The zero-order valence-corrected chi connectivity index (χ0v) is 14.1. The van der Waals surface area contributed by atoms with Crippen molar-refractivity contribution in [3.63, 3.8) is 0 Å². The average Bonchev–Trinajstić information content (AvgIpc) is 2.80. The Kier molecular flexibility index (Phi) is 6.39. The summed E-state index contributed by atoms with van der Waals surface area (Å²) in [5.41, 5.74) is 1.53. The summed E-state index contributed by atoms with van der Waals surface area (Å²) in [6.07, 6.45) is 2.55. The minimum atomic E-state index is -0.108. The van der Waals surface area contributed by atoms with E-state index in [1.807, 2.05) is 0 Å². The summed E-state index contributed by atoms with van der Waals surface area (Å²) in [6, 6.07) is 6.77. The first-order chi connectivity index (χ1) is 12.0. The Morgan fingerprint density at radius 2 is 1.96 bits per heavy atom. The van der Waals surface area contributed by atoms with Crippen molar-refractivity contribution in [1.82, 2.24) is 9.80 Å². The molecule has 0 unspecified atom stereocenters. The maximum Gasteiger partial charge on any atom is 0.253 e. The van der Waals surface area contributed by atoms with Crippen LogP contribution in [0, 0.1) is 0 Å². The van der Waals surface area contributed by atoms with Crippen LogP contribution in [0.5, 0.6) is 0 Å². The summed E-state index contributed by atoms with van der Waals surface area (Å²) in [4.78, 5) is 42.2. The van der Waals surface area contributed by atoms with Crippen LogP contribution in [-0.2, 0) is 9.59 Å². The Morgan fingerprint density at radius 1 is 1.24 bits per heavy atom. The second-order valence-electron chi connectivity index (χ2n) is 5.65. The van der Waals surface area contributed by atoms with Gasteiger partial charge in [-0.1, -0.05) is 0 Å². The molecule has 0 atom stereocenters. The highest BCUT2D eigenvalue weighted by molar-refractivity contribution is 6.33. The van der Waals surface area contributed by atoms with Gasteiger partial charge in [-0.05, 0) is 24.3 Å². The minimum absolute atomic E-state index is 0.0488. The average molecular weight is 343 g/mol. The van der Waals surface area contributed by atoms with E-state index in [0.717, 1.165) is 0 Å². The zero-order valence-electron chi connectivity index (χ0n) is 14.1. The molecule has 1 aromatic rings. The molecule has 1 aliphatic rings. The SMILES string of the molecule is CN1CCN(C(=O)c2ccc(N=CC(CC=O)=NN)cc2)CCC1=O. The van der Waals surface area contributed by atoms with Crippen molar-refractivity contribution in [2.75, 3.05) is 26.7 Å². The van der Waals surface area contributed by atoms with E-state index in [1.165, 1.54) is 6.21 Å². The van der Waals surface area contributed by atoms with Crippen LogP contribution in [0.2, 0.25) is 0 Å². The van der Waals surface area contributed by atoms with Gasteiger partial charge in [0, 0.05) is 45.1 Å². The molecule has 0 aromatic heterocycles. The van der Waals surface area contributed by atoms with Crippen LogP contribution in [0.1, 0.15) is 23.2 Å². The second kappa shape index (κ2) is 8.72. The molecule has 0 radical (unpaired) electrons. The highest BCUT2D eigenvalue weighted by Crippen LogP contribution is 2.15. The van der Waals surface area contributed by atoms with Crippen molar-refractivity contribution in [2.45, 2.75) is 12.8 Å². The lowest BCUT2D eigenvalue weighted by Crippen LogP contribution is -2.34. The van der Waals surface area contributed by atoms with Gasteiger partial charge in [-0.3, -0.25) is 14.6 Å². The molecule has 0 saturated carbocycles. The molecule has 1 fully saturated rings. The fourth-order valence-corrected chi connectivity index (χ4v) is 2.38. The molecule has 2 amide bonds. The van der Waals surface area contributed by atoms with Crippen molar-refractivity contribution in [3.8, 4) is 0 Å². The van der Waals surface area contributed by atoms with Gasteiger partial charge in [0.15, 0.2) is 0 Å². The fraction of sp³-hybridized carbons (Fsp3) is 0.353. The first-order valence-electron chi connectivity index (χ1n) is 7.93. The third kappa shape index (κ3) is 4.97. The van der Waals surface area contributed by atoms with Crippen LogP contribution < -0.4 is 5.84 Å². The quantitative estimate of drug-likeness (QED) is 0.365. The molecule has 1 heterocycles. The molecule has 8 nitrogen and oxygen atoms in total. The molecule has 2 N–H and O–H groups in total. The summed E-state index contributed by atoms with van der Waals surface area (Å²) >= 11 is 0. The number of hydrogen-bond donors (Lipinski definition) is 1. The van der Waals surface area contributed by atoms with E-state index in [0.29, 0.717) is 49.3 Å². The number of nitrogens with zero attached hydrogens (tertiary/aromatic N) is 4. The summed E-state index contributed by atoms with van der Waals surface area (Å²) in [7, 11) is 1.74. The number of rotatable bonds is 5. The number of hydrazone groups is 1. The second-order valence-corrected chi connectivity index (χ2v) is 5.65. The van der Waals surface area contributed by atoms with E-state index in [4.69, 9.17) is 5.84 Å². The highest BCUT2D eigenvalue weighted by atomic mass is 16.2. The summed E-state index contributed by atoms with van der Waals surface area (Å²) < 4.78 is 0. The van der Waals surface area contributed by atoms with Gasteiger partial charge in [0.2, 0.25) is 5.91 Å². The van der Waals surface area contributed by atoms with E-state index >= 15 is 0 Å². The van der Waals surface area contributed by atoms with Gasteiger partial charge in [0.05, 0.1) is 17.6 Å². The van der Waals surface area contributed by atoms with E-state index in [1.54, 1.807) is 41.1 Å². The molecule has 0 aliphatic carbocycles. The normalized spacial score (nSPS) is 16.2.